The number of hydrogen-bond acceptors (Lipinski definition) is 3. The molecule has 0 fully saturated rings. The smallest absolute Gasteiger partial charge is 0.244 e. The lowest BCUT2D eigenvalue weighted by molar-refractivity contribution is -0.116. The number of amides is 1. The van der Waals surface area contributed by atoms with Gasteiger partial charge in [0.2, 0.25) is 5.91 Å². The van der Waals surface area contributed by atoms with Gasteiger partial charge in [-0.05, 0) is 31.2 Å². The molecule has 0 aliphatic heterocycles. The van der Waals surface area contributed by atoms with Gasteiger partial charge in [0, 0.05) is 23.2 Å². The van der Waals surface area contributed by atoms with Gasteiger partial charge in [-0.3, -0.25) is 14.4 Å². The van der Waals surface area contributed by atoms with Gasteiger partial charge in [0.25, 0.3) is 0 Å². The molecular formula is C19H16N2O3. The molecule has 5 nitrogen and oxygen atoms in total. The number of hydrogen-bond donors (Lipinski definition) is 1. The van der Waals surface area contributed by atoms with Crippen molar-refractivity contribution >= 4 is 28.3 Å². The second kappa shape index (κ2) is 6.50. The standard InChI is InChI=1S/C19H16N2O3/c1-13(22)14-6-2-4-8-16(14)20-19(24)12-21-11-10-18(23)15-7-3-5-9-17(15)21/h2-11H,12H2,1H3,(H,20,24). The van der Waals surface area contributed by atoms with Crippen LogP contribution in [0.2, 0.25) is 0 Å². The van der Waals surface area contributed by atoms with E-state index in [4.69, 9.17) is 0 Å². The Balaban J connectivity index is 1.88. The maximum atomic E-state index is 12.4. The molecule has 5 heteroatoms. The van der Waals surface area contributed by atoms with Gasteiger partial charge in [0.15, 0.2) is 11.2 Å². The van der Waals surface area contributed by atoms with Gasteiger partial charge >= 0.3 is 0 Å². The molecule has 0 aliphatic carbocycles. The summed E-state index contributed by atoms with van der Waals surface area (Å²) in [5, 5.41) is 3.33. The molecule has 3 aromatic rings. The Hall–Kier alpha value is -3.21. The number of carbonyl (C=O) groups excluding carboxylic acids is 2. The van der Waals surface area contributed by atoms with Crippen LogP contribution in [0.15, 0.2) is 65.6 Å². The summed E-state index contributed by atoms with van der Waals surface area (Å²) in [5.74, 6) is -0.378. The maximum Gasteiger partial charge on any atom is 0.244 e. The second-order valence-electron chi connectivity index (χ2n) is 5.47. The first-order chi connectivity index (χ1) is 11.6. The number of aromatic nitrogens is 1. The lowest BCUT2D eigenvalue weighted by Crippen LogP contribution is -2.21. The molecule has 0 unspecified atom stereocenters. The molecule has 1 amide bonds. The van der Waals surface area contributed by atoms with Crippen LogP contribution >= 0.6 is 0 Å². The van der Waals surface area contributed by atoms with E-state index in [0.717, 1.165) is 0 Å². The van der Waals surface area contributed by atoms with Crippen molar-refractivity contribution in [2.24, 2.45) is 0 Å². The van der Waals surface area contributed by atoms with Crippen molar-refractivity contribution < 1.29 is 9.59 Å². The third-order valence-corrected chi connectivity index (χ3v) is 3.78. The summed E-state index contributed by atoms with van der Waals surface area (Å²) in [4.78, 5) is 35.9. The highest BCUT2D eigenvalue weighted by Crippen LogP contribution is 2.16. The minimum Gasteiger partial charge on any atom is -0.338 e. The summed E-state index contributed by atoms with van der Waals surface area (Å²) in [7, 11) is 0. The SMILES string of the molecule is CC(=O)c1ccccc1NC(=O)Cn1ccc(=O)c2ccccc21. The molecule has 0 saturated carbocycles. The minimum atomic E-state index is -0.266. The molecular weight excluding hydrogens is 304 g/mol. The zero-order valence-electron chi connectivity index (χ0n) is 13.2. The first-order valence-corrected chi connectivity index (χ1v) is 7.54. The fourth-order valence-electron chi connectivity index (χ4n) is 2.64. The molecule has 1 heterocycles. The van der Waals surface area contributed by atoms with Gasteiger partial charge in [-0.1, -0.05) is 24.3 Å². The van der Waals surface area contributed by atoms with Crippen LogP contribution in [0.3, 0.4) is 0 Å². The van der Waals surface area contributed by atoms with Gasteiger partial charge in [0.1, 0.15) is 6.54 Å². The van der Waals surface area contributed by atoms with Crippen molar-refractivity contribution in [1.29, 1.82) is 0 Å². The molecule has 120 valence electrons. The van der Waals surface area contributed by atoms with Crippen LogP contribution in [0.1, 0.15) is 17.3 Å². The number of nitrogens with zero attached hydrogens (tertiary/aromatic N) is 1. The molecule has 24 heavy (non-hydrogen) atoms. The van der Waals surface area contributed by atoms with E-state index >= 15 is 0 Å². The topological polar surface area (TPSA) is 68.2 Å². The Bertz CT molecular complexity index is 989. The van der Waals surface area contributed by atoms with E-state index in [2.05, 4.69) is 5.32 Å². The van der Waals surface area contributed by atoms with E-state index in [1.54, 1.807) is 53.2 Å². The summed E-state index contributed by atoms with van der Waals surface area (Å²) >= 11 is 0. The Morgan fingerprint density at radius 2 is 1.71 bits per heavy atom. The molecule has 0 bridgehead atoms. The Kier molecular flexibility index (Phi) is 4.24. The van der Waals surface area contributed by atoms with E-state index < -0.39 is 0 Å². The Morgan fingerprint density at radius 1 is 1.00 bits per heavy atom. The van der Waals surface area contributed by atoms with Gasteiger partial charge in [-0.15, -0.1) is 0 Å². The fraction of sp³-hybridized carbons (Fsp3) is 0.105. The lowest BCUT2D eigenvalue weighted by atomic mass is 10.1. The third-order valence-electron chi connectivity index (χ3n) is 3.78. The van der Waals surface area contributed by atoms with E-state index in [0.29, 0.717) is 22.2 Å². The van der Waals surface area contributed by atoms with E-state index in [-0.39, 0.29) is 23.7 Å². The summed E-state index contributed by atoms with van der Waals surface area (Å²) in [6.45, 7) is 1.51. The van der Waals surface area contributed by atoms with Crippen LogP contribution in [0.25, 0.3) is 10.9 Å². The number of para-hydroxylation sites is 2. The highest BCUT2D eigenvalue weighted by Gasteiger charge is 2.11. The van der Waals surface area contributed by atoms with Gasteiger partial charge in [-0.25, -0.2) is 0 Å². The minimum absolute atomic E-state index is 0.0486. The van der Waals surface area contributed by atoms with Crippen molar-refractivity contribution in [3.63, 3.8) is 0 Å². The van der Waals surface area contributed by atoms with E-state index in [1.807, 2.05) is 6.07 Å². The third kappa shape index (κ3) is 3.10. The number of ketones is 1. The van der Waals surface area contributed by atoms with Crippen LogP contribution in [0.4, 0.5) is 5.69 Å². The van der Waals surface area contributed by atoms with Crippen LogP contribution in [0, 0.1) is 0 Å². The van der Waals surface area contributed by atoms with E-state index in [1.165, 1.54) is 13.0 Å². The summed E-state index contributed by atoms with van der Waals surface area (Å²) in [5.41, 5.74) is 1.57. The largest absolute Gasteiger partial charge is 0.338 e. The van der Waals surface area contributed by atoms with Crippen LogP contribution in [-0.2, 0) is 11.3 Å². The van der Waals surface area contributed by atoms with Crippen LogP contribution < -0.4 is 10.7 Å². The lowest BCUT2D eigenvalue weighted by Gasteiger charge is -2.12. The first kappa shape index (κ1) is 15.7. The molecule has 0 atom stereocenters. The van der Waals surface area contributed by atoms with Crippen LogP contribution in [-0.4, -0.2) is 16.3 Å². The molecule has 0 radical (unpaired) electrons. The summed E-state index contributed by atoms with van der Waals surface area (Å²) in [6.07, 6.45) is 1.60. The van der Waals surface area contributed by atoms with Gasteiger partial charge < -0.3 is 9.88 Å². The first-order valence-electron chi connectivity index (χ1n) is 7.54. The number of fused-ring (bicyclic) bond motifs is 1. The normalized spacial score (nSPS) is 10.5. The van der Waals surface area contributed by atoms with Gasteiger partial charge in [0.05, 0.1) is 11.2 Å². The fourth-order valence-corrected chi connectivity index (χ4v) is 2.64. The zero-order valence-corrected chi connectivity index (χ0v) is 13.2. The predicted octanol–water partition coefficient (Wildman–Crippen LogP) is 2.84. The van der Waals surface area contributed by atoms with Crippen LogP contribution in [0.5, 0.6) is 0 Å². The van der Waals surface area contributed by atoms with E-state index in [9.17, 15) is 14.4 Å². The molecule has 0 spiro atoms. The van der Waals surface area contributed by atoms with Crippen molar-refractivity contribution in [1.82, 2.24) is 4.57 Å². The monoisotopic (exact) mass is 320 g/mol. The molecule has 0 saturated heterocycles. The number of nitrogens with one attached hydrogen (secondary N) is 1. The number of anilines is 1. The average Bonchev–Trinajstić information content (AvgIpc) is 2.58. The average molecular weight is 320 g/mol. The van der Waals surface area contributed by atoms with Crippen molar-refractivity contribution in [2.45, 2.75) is 13.5 Å². The summed E-state index contributed by atoms with van der Waals surface area (Å²) in [6, 6.07) is 15.5. The number of rotatable bonds is 4. The zero-order chi connectivity index (χ0) is 17.1. The molecule has 1 N–H and O–H groups in total. The van der Waals surface area contributed by atoms with Gasteiger partial charge in [-0.2, -0.15) is 0 Å². The maximum absolute atomic E-state index is 12.4. The predicted molar refractivity (Wildman–Crippen MR) is 93.3 cm³/mol. The Morgan fingerprint density at radius 3 is 2.50 bits per heavy atom. The van der Waals surface area contributed by atoms with Crippen molar-refractivity contribution in [3.05, 3.63) is 76.6 Å². The quantitative estimate of drug-likeness (QED) is 0.752. The highest BCUT2D eigenvalue weighted by atomic mass is 16.2. The van der Waals surface area contributed by atoms with Crippen molar-refractivity contribution in [2.75, 3.05) is 5.32 Å². The number of benzene rings is 2. The number of carbonyl (C=O) groups is 2. The molecule has 3 rings (SSSR count). The van der Waals surface area contributed by atoms with Crippen molar-refractivity contribution in [3.8, 4) is 0 Å². The molecule has 0 aliphatic rings. The molecule has 2 aromatic carbocycles. The Labute approximate surface area is 138 Å². The number of Topliss-reactive ketones (excluding diaryl/α,β-unsaturated/α-hetero) is 1. The molecule has 1 aromatic heterocycles. The number of pyridine rings is 1. The second-order valence-corrected chi connectivity index (χ2v) is 5.47. The highest BCUT2D eigenvalue weighted by molar-refractivity contribution is 6.03. The summed E-state index contributed by atoms with van der Waals surface area (Å²) < 4.78 is 1.71.